The number of fused-ring (bicyclic) bond motifs is 1. The Morgan fingerprint density at radius 1 is 1.23 bits per heavy atom. The monoisotopic (exact) mass is 321 g/mol. The second kappa shape index (κ2) is 9.57. The Labute approximate surface area is 137 Å². The van der Waals surface area contributed by atoms with Gasteiger partial charge in [0.15, 0.2) is 0 Å². The highest BCUT2D eigenvalue weighted by molar-refractivity contribution is 7.99. The zero-order valence-corrected chi connectivity index (χ0v) is 15.1. The highest BCUT2D eigenvalue weighted by atomic mass is 32.2. The van der Waals surface area contributed by atoms with E-state index in [1.54, 1.807) is 11.8 Å². The van der Waals surface area contributed by atoms with Crippen LogP contribution in [-0.4, -0.2) is 23.3 Å². The first-order valence-corrected chi connectivity index (χ1v) is 8.99. The van der Waals surface area contributed by atoms with Crippen molar-refractivity contribution in [1.29, 1.82) is 0 Å². The first-order valence-electron chi connectivity index (χ1n) is 8.01. The summed E-state index contributed by atoms with van der Waals surface area (Å²) in [4.78, 5) is 16.2. The molecule has 3 nitrogen and oxygen atoms in total. The molecule has 0 bridgehead atoms. The van der Waals surface area contributed by atoms with Gasteiger partial charge in [0.05, 0.1) is 6.61 Å². The lowest BCUT2D eigenvalue weighted by atomic mass is 10.2. The fourth-order valence-electron chi connectivity index (χ4n) is 1.98. The second-order valence-corrected chi connectivity index (χ2v) is 6.26. The molecular formula is C18H27NO2S. The number of hydrogen-bond donors (Lipinski definition) is 1. The van der Waals surface area contributed by atoms with Crippen LogP contribution < -0.4 is 0 Å². The number of carbonyl (C=O) groups is 1. The quantitative estimate of drug-likeness (QED) is 0.578. The fraction of sp³-hybridized carbons (Fsp3) is 0.500. The Balaban J connectivity index is 0.000000745. The highest BCUT2D eigenvalue weighted by Crippen LogP contribution is 2.33. The number of H-pyrrole nitrogens is 1. The van der Waals surface area contributed by atoms with Gasteiger partial charge in [-0.15, -0.1) is 11.8 Å². The third kappa shape index (κ3) is 4.80. The van der Waals surface area contributed by atoms with Crippen LogP contribution in [0.4, 0.5) is 0 Å². The molecule has 122 valence electrons. The number of carbonyl (C=O) groups excluding carboxylic acids is 1. The van der Waals surface area contributed by atoms with Crippen molar-refractivity contribution in [3.8, 4) is 0 Å². The zero-order valence-electron chi connectivity index (χ0n) is 14.3. The van der Waals surface area contributed by atoms with Crippen LogP contribution in [0.25, 0.3) is 10.9 Å². The summed E-state index contributed by atoms with van der Waals surface area (Å²) in [5.41, 5.74) is 2.77. The Morgan fingerprint density at radius 2 is 1.91 bits per heavy atom. The summed E-state index contributed by atoms with van der Waals surface area (Å²) >= 11 is 1.71. The second-order valence-electron chi connectivity index (χ2n) is 5.15. The number of aromatic amines is 1. The lowest BCUT2D eigenvalue weighted by Gasteiger charge is -2.03. The maximum Gasteiger partial charge on any atom is 0.355 e. The van der Waals surface area contributed by atoms with E-state index in [1.165, 1.54) is 12.0 Å². The molecule has 0 fully saturated rings. The van der Waals surface area contributed by atoms with Crippen LogP contribution in [0.15, 0.2) is 23.1 Å². The third-order valence-corrected chi connectivity index (χ3v) is 4.16. The number of esters is 1. The topological polar surface area (TPSA) is 42.1 Å². The summed E-state index contributed by atoms with van der Waals surface area (Å²) < 4.78 is 5.12. The van der Waals surface area contributed by atoms with Gasteiger partial charge in [0, 0.05) is 15.8 Å². The average Bonchev–Trinajstić information content (AvgIpc) is 2.84. The van der Waals surface area contributed by atoms with Crippen LogP contribution in [0.5, 0.6) is 0 Å². The molecule has 0 aliphatic rings. The van der Waals surface area contributed by atoms with Crippen LogP contribution in [0, 0.1) is 6.92 Å². The smallest absolute Gasteiger partial charge is 0.355 e. The van der Waals surface area contributed by atoms with Crippen molar-refractivity contribution in [2.24, 2.45) is 0 Å². The molecule has 0 spiro atoms. The molecule has 0 radical (unpaired) electrons. The molecule has 1 heterocycles. The van der Waals surface area contributed by atoms with E-state index >= 15 is 0 Å². The summed E-state index contributed by atoms with van der Waals surface area (Å²) in [6, 6.07) is 6.18. The van der Waals surface area contributed by atoms with Gasteiger partial charge in [0.1, 0.15) is 5.69 Å². The molecule has 4 heteroatoms. The van der Waals surface area contributed by atoms with Crippen molar-refractivity contribution >= 4 is 28.6 Å². The number of thioether (sulfide) groups is 1. The molecule has 0 atom stereocenters. The van der Waals surface area contributed by atoms with Crippen molar-refractivity contribution in [1.82, 2.24) is 4.98 Å². The van der Waals surface area contributed by atoms with Crippen LogP contribution in [0.3, 0.4) is 0 Å². The predicted molar refractivity (Wildman–Crippen MR) is 96.0 cm³/mol. The summed E-state index contributed by atoms with van der Waals surface area (Å²) in [5.74, 6) is 0.725. The molecule has 0 amide bonds. The molecule has 0 saturated heterocycles. The fourth-order valence-corrected chi connectivity index (χ4v) is 2.99. The number of aryl methyl sites for hydroxylation is 1. The average molecular weight is 321 g/mol. The van der Waals surface area contributed by atoms with Gasteiger partial charge in [-0.25, -0.2) is 4.79 Å². The van der Waals surface area contributed by atoms with Crippen molar-refractivity contribution in [2.75, 3.05) is 12.4 Å². The molecule has 2 rings (SSSR count). The van der Waals surface area contributed by atoms with Crippen molar-refractivity contribution < 1.29 is 9.53 Å². The zero-order chi connectivity index (χ0) is 16.5. The van der Waals surface area contributed by atoms with E-state index in [1.807, 2.05) is 19.1 Å². The minimum atomic E-state index is -0.269. The van der Waals surface area contributed by atoms with Crippen molar-refractivity contribution in [3.05, 3.63) is 29.5 Å². The van der Waals surface area contributed by atoms with E-state index < -0.39 is 0 Å². The Kier molecular flexibility index (Phi) is 8.10. The lowest BCUT2D eigenvalue weighted by Crippen LogP contribution is -2.06. The van der Waals surface area contributed by atoms with Crippen LogP contribution in [0.2, 0.25) is 0 Å². The van der Waals surface area contributed by atoms with Gasteiger partial charge in [0.25, 0.3) is 0 Å². The van der Waals surface area contributed by atoms with E-state index in [0.717, 1.165) is 28.0 Å². The van der Waals surface area contributed by atoms with Gasteiger partial charge in [-0.05, 0) is 38.2 Å². The van der Waals surface area contributed by atoms with Gasteiger partial charge in [-0.1, -0.05) is 38.8 Å². The van der Waals surface area contributed by atoms with Crippen molar-refractivity contribution in [2.45, 2.75) is 52.4 Å². The maximum atomic E-state index is 12.0. The predicted octanol–water partition coefficient (Wildman–Crippen LogP) is 5.57. The van der Waals surface area contributed by atoms with E-state index in [4.69, 9.17) is 4.74 Å². The molecule has 0 aliphatic carbocycles. The Morgan fingerprint density at radius 3 is 2.50 bits per heavy atom. The van der Waals surface area contributed by atoms with Crippen LogP contribution in [-0.2, 0) is 4.74 Å². The van der Waals surface area contributed by atoms with Gasteiger partial charge in [-0.3, -0.25) is 0 Å². The summed E-state index contributed by atoms with van der Waals surface area (Å²) in [6.45, 7) is 10.7. The molecule has 22 heavy (non-hydrogen) atoms. The standard InChI is InChI=1S/C15H19NO2S.C3H8/c1-4-8-19-14-11-9-10(3)6-7-12(11)16-13(14)15(17)18-5-2;1-3-2/h6-7,9,16H,4-5,8H2,1-3H3;3H2,1-2H3. The molecule has 2 aromatic rings. The minimum Gasteiger partial charge on any atom is -0.461 e. The summed E-state index contributed by atoms with van der Waals surface area (Å²) in [5, 5.41) is 1.11. The van der Waals surface area contributed by atoms with Crippen molar-refractivity contribution in [3.63, 3.8) is 0 Å². The molecule has 0 unspecified atom stereocenters. The van der Waals surface area contributed by atoms with Gasteiger partial charge in [0.2, 0.25) is 0 Å². The first kappa shape index (κ1) is 18.6. The molecule has 1 N–H and O–H groups in total. The van der Waals surface area contributed by atoms with Gasteiger partial charge in [-0.2, -0.15) is 0 Å². The Bertz CT molecular complexity index is 604. The van der Waals surface area contributed by atoms with Gasteiger partial charge < -0.3 is 9.72 Å². The number of aromatic nitrogens is 1. The largest absolute Gasteiger partial charge is 0.461 e. The van der Waals surface area contributed by atoms with E-state index in [2.05, 4.69) is 38.7 Å². The van der Waals surface area contributed by atoms with E-state index in [9.17, 15) is 4.79 Å². The lowest BCUT2D eigenvalue weighted by molar-refractivity contribution is 0.0516. The van der Waals surface area contributed by atoms with E-state index in [0.29, 0.717) is 12.3 Å². The van der Waals surface area contributed by atoms with Crippen LogP contribution in [0.1, 0.15) is 56.6 Å². The SMILES string of the molecule is CCC.CCCSc1c(C(=O)OCC)[nH]c2ccc(C)cc12. The Hall–Kier alpha value is -1.42. The highest BCUT2D eigenvalue weighted by Gasteiger charge is 2.19. The number of hydrogen-bond acceptors (Lipinski definition) is 3. The normalized spacial score (nSPS) is 10.2. The molecule has 0 aliphatic heterocycles. The number of ether oxygens (including phenoxy) is 1. The number of nitrogens with one attached hydrogen (secondary N) is 1. The number of rotatable bonds is 5. The first-order chi connectivity index (χ1) is 10.6. The number of benzene rings is 1. The molecule has 0 saturated carbocycles. The minimum absolute atomic E-state index is 0.269. The summed E-state index contributed by atoms with van der Waals surface area (Å²) in [7, 11) is 0. The van der Waals surface area contributed by atoms with Gasteiger partial charge >= 0.3 is 5.97 Å². The molecular weight excluding hydrogens is 294 g/mol. The van der Waals surface area contributed by atoms with Crippen LogP contribution >= 0.6 is 11.8 Å². The van der Waals surface area contributed by atoms with E-state index in [-0.39, 0.29) is 5.97 Å². The molecule has 1 aromatic heterocycles. The molecule has 1 aromatic carbocycles. The summed E-state index contributed by atoms with van der Waals surface area (Å²) in [6.07, 6.45) is 2.32. The maximum absolute atomic E-state index is 12.0. The third-order valence-electron chi connectivity index (χ3n) is 2.84.